The summed E-state index contributed by atoms with van der Waals surface area (Å²) in [5.74, 6) is 2.37. The number of H-pyrrole nitrogens is 1. The second-order valence-corrected chi connectivity index (χ2v) is 5.07. The van der Waals surface area contributed by atoms with E-state index in [4.69, 9.17) is 25.8 Å². The van der Waals surface area contributed by atoms with E-state index in [1.807, 2.05) is 24.3 Å². The van der Waals surface area contributed by atoms with E-state index >= 15 is 0 Å². The Kier molecular flexibility index (Phi) is 3.81. The number of fused-ring (bicyclic) bond motifs is 1. The van der Waals surface area contributed by atoms with Crippen molar-refractivity contribution in [3.8, 4) is 28.6 Å². The molecule has 3 rings (SSSR count). The molecule has 0 spiro atoms. The number of benzene rings is 2. The molecule has 0 aliphatic rings. The summed E-state index contributed by atoms with van der Waals surface area (Å²) in [5.41, 5.74) is 2.48. The normalized spacial score (nSPS) is 10.7. The van der Waals surface area contributed by atoms with Crippen LogP contribution in [0.25, 0.3) is 22.4 Å². The zero-order chi connectivity index (χ0) is 15.7. The van der Waals surface area contributed by atoms with Gasteiger partial charge in [-0.1, -0.05) is 11.6 Å². The number of aromatic nitrogens is 2. The van der Waals surface area contributed by atoms with Gasteiger partial charge in [0.05, 0.1) is 37.9 Å². The highest BCUT2D eigenvalue weighted by Crippen LogP contribution is 2.43. The average Bonchev–Trinajstić information content (AvgIpc) is 2.95. The van der Waals surface area contributed by atoms with Crippen LogP contribution >= 0.6 is 11.6 Å². The first-order valence-corrected chi connectivity index (χ1v) is 7.00. The summed E-state index contributed by atoms with van der Waals surface area (Å²) in [7, 11) is 4.74. The molecule has 0 saturated carbocycles. The lowest BCUT2D eigenvalue weighted by atomic mass is 10.1. The van der Waals surface area contributed by atoms with Crippen molar-refractivity contribution in [1.82, 2.24) is 9.97 Å². The van der Waals surface area contributed by atoms with Crippen LogP contribution in [0.2, 0.25) is 5.02 Å². The predicted molar refractivity (Wildman–Crippen MR) is 86.2 cm³/mol. The van der Waals surface area contributed by atoms with Gasteiger partial charge >= 0.3 is 0 Å². The molecule has 1 heterocycles. The van der Waals surface area contributed by atoms with Crippen molar-refractivity contribution < 1.29 is 14.2 Å². The number of ether oxygens (including phenoxy) is 3. The second kappa shape index (κ2) is 5.77. The Hall–Kier alpha value is -2.40. The van der Waals surface area contributed by atoms with E-state index < -0.39 is 0 Å². The highest BCUT2D eigenvalue weighted by atomic mass is 35.5. The van der Waals surface area contributed by atoms with Crippen molar-refractivity contribution in [3.05, 3.63) is 35.4 Å². The third-order valence-corrected chi connectivity index (χ3v) is 3.64. The Morgan fingerprint density at radius 2 is 1.73 bits per heavy atom. The Bertz CT molecular complexity index is 830. The predicted octanol–water partition coefficient (Wildman–Crippen LogP) is 3.91. The number of nitrogens with one attached hydrogen (secondary N) is 1. The molecule has 0 unspecified atom stereocenters. The quantitative estimate of drug-likeness (QED) is 0.792. The molecule has 0 bridgehead atoms. The van der Waals surface area contributed by atoms with Gasteiger partial charge in [-0.3, -0.25) is 0 Å². The fourth-order valence-electron chi connectivity index (χ4n) is 2.40. The average molecular weight is 319 g/mol. The van der Waals surface area contributed by atoms with Crippen LogP contribution < -0.4 is 14.2 Å². The van der Waals surface area contributed by atoms with Crippen LogP contribution in [0.15, 0.2) is 30.3 Å². The molecule has 5 nitrogen and oxygen atoms in total. The summed E-state index contributed by atoms with van der Waals surface area (Å²) in [6.07, 6.45) is 0. The second-order valence-electron chi connectivity index (χ2n) is 4.63. The van der Waals surface area contributed by atoms with Crippen LogP contribution in [0.5, 0.6) is 17.2 Å². The lowest BCUT2D eigenvalue weighted by Crippen LogP contribution is -1.97. The van der Waals surface area contributed by atoms with Gasteiger partial charge in [-0.05, 0) is 30.3 Å². The first-order chi connectivity index (χ1) is 10.7. The number of nitrogens with zero attached hydrogens (tertiary/aromatic N) is 1. The van der Waals surface area contributed by atoms with E-state index in [-0.39, 0.29) is 0 Å². The third kappa shape index (κ3) is 2.33. The number of hydrogen-bond donors (Lipinski definition) is 1. The van der Waals surface area contributed by atoms with Crippen LogP contribution in [0.3, 0.4) is 0 Å². The number of imidazole rings is 1. The maximum atomic E-state index is 6.01. The maximum Gasteiger partial charge on any atom is 0.204 e. The fraction of sp³-hybridized carbons (Fsp3) is 0.188. The molecule has 0 saturated heterocycles. The minimum absolute atomic E-state index is 0.529. The standard InChI is InChI=1S/C16H15ClN2O3/c1-20-13-7-5-10(14(21-2)15(13)22-3)16-18-11-6-4-9(17)8-12(11)19-16/h4-8H,1-3H3,(H,18,19). The fourth-order valence-corrected chi connectivity index (χ4v) is 2.57. The molecule has 0 radical (unpaired) electrons. The van der Waals surface area contributed by atoms with Crippen molar-refractivity contribution in [3.63, 3.8) is 0 Å². The van der Waals surface area contributed by atoms with Crippen LogP contribution in [0, 0.1) is 0 Å². The van der Waals surface area contributed by atoms with E-state index in [0.717, 1.165) is 16.6 Å². The van der Waals surface area contributed by atoms with Crippen molar-refractivity contribution in [1.29, 1.82) is 0 Å². The molecule has 1 aromatic heterocycles. The summed E-state index contributed by atoms with van der Waals surface area (Å²) in [5, 5.41) is 0.655. The lowest BCUT2D eigenvalue weighted by Gasteiger charge is -2.14. The molecule has 1 N–H and O–H groups in total. The van der Waals surface area contributed by atoms with E-state index in [1.54, 1.807) is 27.4 Å². The van der Waals surface area contributed by atoms with Gasteiger partial charge in [0.2, 0.25) is 5.75 Å². The summed E-state index contributed by atoms with van der Waals surface area (Å²) in [4.78, 5) is 7.82. The number of aromatic amines is 1. The zero-order valence-electron chi connectivity index (χ0n) is 12.4. The van der Waals surface area contributed by atoms with Gasteiger partial charge in [0.1, 0.15) is 5.82 Å². The highest BCUT2D eigenvalue weighted by molar-refractivity contribution is 6.31. The van der Waals surface area contributed by atoms with E-state index in [9.17, 15) is 0 Å². The van der Waals surface area contributed by atoms with Gasteiger partial charge in [-0.15, -0.1) is 0 Å². The van der Waals surface area contributed by atoms with Crippen LogP contribution in [0.4, 0.5) is 0 Å². The minimum Gasteiger partial charge on any atom is -0.493 e. The van der Waals surface area contributed by atoms with Gasteiger partial charge in [-0.25, -0.2) is 4.98 Å². The molecular weight excluding hydrogens is 304 g/mol. The molecule has 0 aliphatic carbocycles. The van der Waals surface area contributed by atoms with Crippen molar-refractivity contribution in [2.75, 3.05) is 21.3 Å². The van der Waals surface area contributed by atoms with Crippen LogP contribution in [0.1, 0.15) is 0 Å². The number of rotatable bonds is 4. The molecule has 2 aromatic carbocycles. The van der Waals surface area contributed by atoms with Gasteiger partial charge in [0.25, 0.3) is 0 Å². The van der Waals surface area contributed by atoms with E-state index in [1.165, 1.54) is 0 Å². The Morgan fingerprint density at radius 3 is 2.41 bits per heavy atom. The van der Waals surface area contributed by atoms with Gasteiger partial charge in [-0.2, -0.15) is 0 Å². The molecule has 0 atom stereocenters. The molecule has 6 heteroatoms. The number of halogens is 1. The van der Waals surface area contributed by atoms with Crippen molar-refractivity contribution in [2.24, 2.45) is 0 Å². The van der Waals surface area contributed by atoms with Gasteiger partial charge in [0.15, 0.2) is 11.5 Å². The first-order valence-electron chi connectivity index (χ1n) is 6.62. The molecule has 0 aliphatic heterocycles. The smallest absolute Gasteiger partial charge is 0.204 e. The SMILES string of the molecule is COc1ccc(-c2nc3ccc(Cl)cc3[nH]2)c(OC)c1OC. The third-order valence-electron chi connectivity index (χ3n) is 3.40. The molecule has 3 aromatic rings. The zero-order valence-corrected chi connectivity index (χ0v) is 13.2. The summed E-state index contributed by atoms with van der Waals surface area (Å²) >= 11 is 6.01. The Morgan fingerprint density at radius 1 is 0.955 bits per heavy atom. The molecular formula is C16H15ClN2O3. The molecule has 114 valence electrons. The Balaban J connectivity index is 2.21. The van der Waals surface area contributed by atoms with Gasteiger partial charge in [0, 0.05) is 5.02 Å². The summed E-state index contributed by atoms with van der Waals surface area (Å²) in [6.45, 7) is 0. The largest absolute Gasteiger partial charge is 0.493 e. The lowest BCUT2D eigenvalue weighted by molar-refractivity contribution is 0.325. The Labute approximate surface area is 132 Å². The summed E-state index contributed by atoms with van der Waals surface area (Å²) in [6, 6.07) is 9.20. The van der Waals surface area contributed by atoms with Gasteiger partial charge < -0.3 is 19.2 Å². The molecule has 0 fully saturated rings. The molecule has 22 heavy (non-hydrogen) atoms. The van der Waals surface area contributed by atoms with Crippen molar-refractivity contribution in [2.45, 2.75) is 0 Å². The topological polar surface area (TPSA) is 56.4 Å². The van der Waals surface area contributed by atoms with E-state index in [0.29, 0.717) is 28.1 Å². The highest BCUT2D eigenvalue weighted by Gasteiger charge is 2.19. The summed E-state index contributed by atoms with van der Waals surface area (Å²) < 4.78 is 16.2. The number of methoxy groups -OCH3 is 3. The maximum absolute atomic E-state index is 6.01. The van der Waals surface area contributed by atoms with Crippen LogP contribution in [-0.2, 0) is 0 Å². The minimum atomic E-state index is 0.529. The van der Waals surface area contributed by atoms with E-state index in [2.05, 4.69) is 9.97 Å². The first kappa shape index (κ1) is 14.5. The van der Waals surface area contributed by atoms with Crippen LogP contribution in [-0.4, -0.2) is 31.3 Å². The number of hydrogen-bond acceptors (Lipinski definition) is 4. The monoisotopic (exact) mass is 318 g/mol. The molecule has 0 amide bonds. The van der Waals surface area contributed by atoms with Crippen molar-refractivity contribution >= 4 is 22.6 Å².